The van der Waals surface area contributed by atoms with E-state index in [-0.39, 0.29) is 46.6 Å². The molecule has 0 radical (unpaired) electrons. The van der Waals surface area contributed by atoms with Crippen molar-refractivity contribution in [2.75, 3.05) is 19.6 Å². The third-order valence-electron chi connectivity index (χ3n) is 8.05. The van der Waals surface area contributed by atoms with Gasteiger partial charge in [0.25, 0.3) is 10.0 Å². The highest BCUT2D eigenvalue weighted by molar-refractivity contribution is 7.89. The number of hydrogen-bond acceptors (Lipinski definition) is 5. The van der Waals surface area contributed by atoms with Gasteiger partial charge in [0.05, 0.1) is 11.6 Å². The summed E-state index contributed by atoms with van der Waals surface area (Å²) in [6.45, 7) is 1.21. The molecule has 4 aliphatic rings. The molecule has 3 heterocycles. The Hall–Kier alpha value is -2.66. The van der Waals surface area contributed by atoms with Gasteiger partial charge in [0.2, 0.25) is 11.8 Å². The maximum atomic E-state index is 14.2. The number of likely N-dealkylation sites (tertiary alicyclic amines) is 1. The Kier molecular flexibility index (Phi) is 7.31. The van der Waals surface area contributed by atoms with Gasteiger partial charge in [-0.05, 0) is 74.7 Å². The molecule has 40 heavy (non-hydrogen) atoms. The molecule has 0 N–H and O–H groups in total. The van der Waals surface area contributed by atoms with Gasteiger partial charge in [-0.15, -0.1) is 0 Å². The van der Waals surface area contributed by atoms with Gasteiger partial charge in [-0.3, -0.25) is 19.4 Å². The predicted molar refractivity (Wildman–Crippen MR) is 148 cm³/mol. The van der Waals surface area contributed by atoms with Crippen LogP contribution >= 0.6 is 23.2 Å². The number of hydrogen-bond donors (Lipinski definition) is 0. The highest BCUT2D eigenvalue weighted by atomic mass is 35.5. The van der Waals surface area contributed by atoms with Crippen molar-refractivity contribution in [2.24, 2.45) is 0 Å². The minimum absolute atomic E-state index is 0.0279. The van der Waals surface area contributed by atoms with Crippen molar-refractivity contribution in [3.8, 4) is 0 Å². The number of carbonyl (C=O) groups is 2. The molecule has 8 nitrogen and oxygen atoms in total. The third kappa shape index (κ3) is 5.00. The average molecular weight is 608 g/mol. The molecule has 12 heteroatoms. The summed E-state index contributed by atoms with van der Waals surface area (Å²) in [5.41, 5.74) is 0.666. The van der Waals surface area contributed by atoms with Gasteiger partial charge in [0.15, 0.2) is 0 Å². The Morgan fingerprint density at radius 1 is 0.925 bits per heavy atom. The molecule has 2 aromatic carbocycles. The first-order chi connectivity index (χ1) is 19.1. The van der Waals surface area contributed by atoms with Crippen LogP contribution in [0.5, 0.6) is 0 Å². The van der Waals surface area contributed by atoms with E-state index in [1.807, 2.05) is 4.90 Å². The zero-order valence-electron chi connectivity index (χ0n) is 21.7. The third-order valence-corrected chi connectivity index (χ3v) is 10.5. The van der Waals surface area contributed by atoms with Gasteiger partial charge in [0.1, 0.15) is 28.6 Å². The summed E-state index contributed by atoms with van der Waals surface area (Å²) in [6.07, 6.45) is 6.04. The van der Waals surface area contributed by atoms with Gasteiger partial charge < -0.3 is 4.90 Å². The molecule has 3 aliphatic heterocycles. The molecule has 2 amide bonds. The Balaban J connectivity index is 1.48. The van der Waals surface area contributed by atoms with Crippen LogP contribution in [0.2, 0.25) is 10.0 Å². The van der Waals surface area contributed by atoms with Crippen molar-refractivity contribution in [3.63, 3.8) is 0 Å². The average Bonchev–Trinajstić information content (AvgIpc) is 3.77. The van der Waals surface area contributed by atoms with Crippen LogP contribution in [0.3, 0.4) is 0 Å². The van der Waals surface area contributed by atoms with Crippen molar-refractivity contribution in [2.45, 2.75) is 61.5 Å². The van der Waals surface area contributed by atoms with Crippen LogP contribution < -0.4 is 0 Å². The molecule has 0 aromatic heterocycles. The maximum absolute atomic E-state index is 14.2. The van der Waals surface area contributed by atoms with Crippen LogP contribution in [0.1, 0.15) is 37.7 Å². The largest absolute Gasteiger partial charge is 0.311 e. The fraction of sp³-hybridized carbons (Fsp3) is 0.429. The second-order valence-corrected chi connectivity index (χ2v) is 13.4. The quantitative estimate of drug-likeness (QED) is 0.491. The standard InChI is InChI=1S/C28H29Cl2FN4O4S/c29-19-6-11-25(22(30)15-19)40(38,39)34-16-24(32-12-2-1-3-13-32)28(37)35-23(14-18-4-7-20(31)8-5-18)27(36)33(17-26(34)35)21-9-10-21/h4-8,11,15,17,21,23-24H,1-3,9-10,12-14,16H2. The Morgan fingerprint density at radius 3 is 2.27 bits per heavy atom. The van der Waals surface area contributed by atoms with Crippen LogP contribution in [0.15, 0.2) is 59.4 Å². The Morgan fingerprint density at radius 2 is 1.62 bits per heavy atom. The van der Waals surface area contributed by atoms with Crippen molar-refractivity contribution in [3.05, 3.63) is 75.9 Å². The van der Waals surface area contributed by atoms with Crippen molar-refractivity contribution >= 4 is 45.0 Å². The number of sulfonamides is 1. The molecule has 0 spiro atoms. The van der Waals surface area contributed by atoms with Gasteiger partial charge in [-0.1, -0.05) is 41.8 Å². The zero-order chi connectivity index (χ0) is 28.2. The van der Waals surface area contributed by atoms with Crippen LogP contribution in [-0.2, 0) is 26.0 Å². The zero-order valence-corrected chi connectivity index (χ0v) is 24.0. The van der Waals surface area contributed by atoms with E-state index >= 15 is 0 Å². The molecule has 2 saturated heterocycles. The topological polar surface area (TPSA) is 81.2 Å². The number of nitrogens with zero attached hydrogens (tertiary/aromatic N) is 4. The second kappa shape index (κ2) is 10.6. The molecule has 212 valence electrons. The van der Waals surface area contributed by atoms with Gasteiger partial charge in [-0.2, -0.15) is 0 Å². The van der Waals surface area contributed by atoms with E-state index in [1.165, 1.54) is 45.7 Å². The summed E-state index contributed by atoms with van der Waals surface area (Å²) in [5, 5.41) is 0.271. The van der Waals surface area contributed by atoms with Gasteiger partial charge in [-0.25, -0.2) is 17.1 Å². The second-order valence-electron chi connectivity index (χ2n) is 10.7. The normalized spacial score (nSPS) is 24.3. The summed E-state index contributed by atoms with van der Waals surface area (Å²) in [7, 11) is -4.26. The summed E-state index contributed by atoms with van der Waals surface area (Å²) >= 11 is 12.4. The van der Waals surface area contributed by atoms with E-state index in [4.69, 9.17) is 23.2 Å². The molecule has 2 atom stereocenters. The highest BCUT2D eigenvalue weighted by Gasteiger charge is 2.53. The van der Waals surface area contributed by atoms with Crippen LogP contribution in [0, 0.1) is 5.82 Å². The minimum atomic E-state index is -4.26. The van der Waals surface area contributed by atoms with Gasteiger partial charge >= 0.3 is 0 Å². The molecule has 2 aromatic rings. The first kappa shape index (κ1) is 27.5. The summed E-state index contributed by atoms with van der Waals surface area (Å²) in [4.78, 5) is 32.9. The smallest absolute Gasteiger partial charge is 0.267 e. The minimum Gasteiger partial charge on any atom is -0.311 e. The summed E-state index contributed by atoms with van der Waals surface area (Å²) in [5.74, 6) is -0.860. The van der Waals surface area contributed by atoms with E-state index in [0.717, 1.165) is 32.1 Å². The van der Waals surface area contributed by atoms with Gasteiger partial charge in [0, 0.05) is 23.7 Å². The van der Waals surface area contributed by atoms with Crippen molar-refractivity contribution in [1.82, 2.24) is 19.0 Å². The van der Waals surface area contributed by atoms with Crippen LogP contribution in [-0.4, -0.2) is 77.0 Å². The summed E-state index contributed by atoms with van der Waals surface area (Å²) < 4.78 is 43.4. The first-order valence-electron chi connectivity index (χ1n) is 13.5. The maximum Gasteiger partial charge on any atom is 0.267 e. The lowest BCUT2D eigenvalue weighted by Crippen LogP contribution is -2.67. The Bertz CT molecular complexity index is 1480. The fourth-order valence-electron chi connectivity index (χ4n) is 5.82. The van der Waals surface area contributed by atoms with E-state index < -0.39 is 27.9 Å². The molecule has 2 unspecified atom stereocenters. The highest BCUT2D eigenvalue weighted by Crippen LogP contribution is 2.40. The van der Waals surface area contributed by atoms with Crippen LogP contribution in [0.4, 0.5) is 4.39 Å². The number of benzene rings is 2. The number of piperidine rings is 1. The lowest BCUT2D eigenvalue weighted by atomic mass is 9.98. The van der Waals surface area contributed by atoms with Crippen LogP contribution in [0.25, 0.3) is 0 Å². The monoisotopic (exact) mass is 606 g/mol. The molecule has 6 rings (SSSR count). The first-order valence-corrected chi connectivity index (χ1v) is 15.7. The molecule has 3 fully saturated rings. The van der Waals surface area contributed by atoms with Crippen molar-refractivity contribution < 1.29 is 22.4 Å². The molecule has 0 bridgehead atoms. The molecular formula is C28H29Cl2FN4O4S. The number of amides is 2. The fourth-order valence-corrected chi connectivity index (χ4v) is 8.02. The van der Waals surface area contributed by atoms with Crippen molar-refractivity contribution in [1.29, 1.82) is 0 Å². The molecule has 1 aliphatic carbocycles. The number of rotatable bonds is 6. The van der Waals surface area contributed by atoms with E-state index in [1.54, 1.807) is 17.0 Å². The van der Waals surface area contributed by atoms with E-state index in [0.29, 0.717) is 23.7 Å². The predicted octanol–water partition coefficient (Wildman–Crippen LogP) is 4.23. The lowest BCUT2D eigenvalue weighted by molar-refractivity contribution is -0.152. The number of fused-ring (bicyclic) bond motifs is 1. The molecule has 1 saturated carbocycles. The summed E-state index contributed by atoms with van der Waals surface area (Å²) in [6, 6.07) is 8.17. The number of halogens is 3. The van der Waals surface area contributed by atoms with E-state index in [9.17, 15) is 22.4 Å². The SMILES string of the molecule is O=C1C(Cc2ccc(F)cc2)N2C(=O)C(N3CCCCC3)CN(S(=O)(=O)c3ccc(Cl)cc3Cl)C2=CN1C1CC1. The number of carbonyl (C=O) groups excluding carboxylic acids is 2. The molecular weight excluding hydrogens is 578 g/mol. The Labute approximate surface area is 243 Å². The lowest BCUT2D eigenvalue weighted by Gasteiger charge is -2.50. The van der Waals surface area contributed by atoms with E-state index in [2.05, 4.69) is 0 Å².